The zero-order chi connectivity index (χ0) is 24.3. The van der Waals surface area contributed by atoms with Crippen LogP contribution in [0.3, 0.4) is 0 Å². The van der Waals surface area contributed by atoms with Crippen molar-refractivity contribution in [1.29, 1.82) is 0 Å². The summed E-state index contributed by atoms with van der Waals surface area (Å²) in [5.41, 5.74) is -1.71. The Morgan fingerprint density at radius 3 is 2.59 bits per heavy atom. The summed E-state index contributed by atoms with van der Waals surface area (Å²) in [6.07, 6.45) is 2.29. The minimum Gasteiger partial charge on any atom is -0.491 e. The standard InChI is InChI=1S/C23H22F3N3O5/c1-10-3-12-6-17(10)29-18(34-12)9-28-8-14(20(30)21(33-2)19(28)23(29)32)22(31)27-7-13-15(25)4-11(24)5-16(13)26/h4-5,8,10,12,17-18H,3,6-7,9H2,1-2H3,(H,27,31)/t10-,12-,17-,18?/m1/s1. The van der Waals surface area contributed by atoms with Crippen molar-refractivity contribution in [1.82, 2.24) is 14.8 Å². The Morgan fingerprint density at radius 1 is 1.21 bits per heavy atom. The lowest BCUT2D eigenvalue weighted by Crippen LogP contribution is -2.58. The highest BCUT2D eigenvalue weighted by Crippen LogP contribution is 2.41. The second-order valence-corrected chi connectivity index (χ2v) is 8.88. The number of hydrogen-bond donors (Lipinski definition) is 1. The molecule has 180 valence electrons. The molecule has 1 saturated carbocycles. The molecule has 1 unspecified atom stereocenters. The van der Waals surface area contributed by atoms with Crippen molar-refractivity contribution in [2.45, 2.75) is 51.2 Å². The second kappa shape index (κ2) is 8.15. The first kappa shape index (κ1) is 22.5. The number of amides is 2. The fourth-order valence-corrected chi connectivity index (χ4v) is 5.23. The largest absolute Gasteiger partial charge is 0.491 e. The molecule has 2 aromatic rings. The Balaban J connectivity index is 1.47. The normalized spacial score (nSPS) is 25.1. The van der Waals surface area contributed by atoms with Crippen LogP contribution in [0.2, 0.25) is 0 Å². The summed E-state index contributed by atoms with van der Waals surface area (Å²) in [5, 5.41) is 2.28. The van der Waals surface area contributed by atoms with Crippen molar-refractivity contribution in [3.05, 3.63) is 62.8 Å². The number of rotatable bonds is 4. The maximum atomic E-state index is 13.9. The van der Waals surface area contributed by atoms with Crippen molar-refractivity contribution in [3.63, 3.8) is 0 Å². The van der Waals surface area contributed by atoms with E-state index in [1.165, 1.54) is 17.9 Å². The predicted octanol–water partition coefficient (Wildman–Crippen LogP) is 2.18. The number of hydrogen-bond acceptors (Lipinski definition) is 5. The molecule has 1 aromatic carbocycles. The number of nitrogens with zero attached hydrogens (tertiary/aromatic N) is 2. The molecule has 8 nitrogen and oxygen atoms in total. The van der Waals surface area contributed by atoms with Gasteiger partial charge in [-0.2, -0.15) is 0 Å². The smallest absolute Gasteiger partial charge is 0.276 e. The van der Waals surface area contributed by atoms with E-state index in [0.29, 0.717) is 12.1 Å². The van der Waals surface area contributed by atoms with Gasteiger partial charge in [-0.3, -0.25) is 14.4 Å². The highest BCUT2D eigenvalue weighted by molar-refractivity contribution is 5.99. The molecule has 2 amide bonds. The van der Waals surface area contributed by atoms with Gasteiger partial charge in [-0.25, -0.2) is 13.2 Å². The average Bonchev–Trinajstić information content (AvgIpc) is 3.06. The molecule has 2 aliphatic heterocycles. The number of halogens is 3. The summed E-state index contributed by atoms with van der Waals surface area (Å²) in [5.74, 6) is -4.79. The molecule has 2 bridgehead atoms. The third-order valence-corrected chi connectivity index (χ3v) is 6.82. The first-order chi connectivity index (χ1) is 16.2. The summed E-state index contributed by atoms with van der Waals surface area (Å²) in [7, 11) is 1.23. The molecule has 1 saturated heterocycles. The second-order valence-electron chi connectivity index (χ2n) is 8.88. The molecule has 3 heterocycles. The molecule has 0 radical (unpaired) electrons. The minimum atomic E-state index is -1.17. The number of carbonyl (C=O) groups excluding carboxylic acids is 2. The molecule has 5 rings (SSSR count). The maximum Gasteiger partial charge on any atom is 0.276 e. The number of aromatic nitrogens is 1. The lowest BCUT2D eigenvalue weighted by atomic mass is 10.0. The van der Waals surface area contributed by atoms with Gasteiger partial charge in [0.25, 0.3) is 11.8 Å². The van der Waals surface area contributed by atoms with Crippen LogP contribution in [0.5, 0.6) is 5.75 Å². The van der Waals surface area contributed by atoms with Gasteiger partial charge in [-0.05, 0) is 18.8 Å². The molecule has 3 aliphatic rings. The predicted molar refractivity (Wildman–Crippen MR) is 112 cm³/mol. The van der Waals surface area contributed by atoms with E-state index in [9.17, 15) is 27.6 Å². The van der Waals surface area contributed by atoms with Gasteiger partial charge in [-0.15, -0.1) is 0 Å². The average molecular weight is 477 g/mol. The number of fused-ring (bicyclic) bond motifs is 5. The van der Waals surface area contributed by atoms with Gasteiger partial charge in [0, 0.05) is 36.5 Å². The van der Waals surface area contributed by atoms with E-state index < -0.39 is 53.0 Å². The number of carbonyl (C=O) groups is 2. The van der Waals surface area contributed by atoms with Gasteiger partial charge in [0.2, 0.25) is 5.43 Å². The van der Waals surface area contributed by atoms with Crippen LogP contribution in [0.1, 0.15) is 46.2 Å². The van der Waals surface area contributed by atoms with Crippen molar-refractivity contribution >= 4 is 11.8 Å². The molecular weight excluding hydrogens is 455 g/mol. The van der Waals surface area contributed by atoms with Crippen LogP contribution in [0, 0.1) is 23.4 Å². The van der Waals surface area contributed by atoms with Crippen LogP contribution < -0.4 is 15.5 Å². The number of methoxy groups -OCH3 is 1. The Labute approximate surface area is 192 Å². The molecule has 11 heteroatoms. The van der Waals surface area contributed by atoms with E-state index in [4.69, 9.17) is 9.47 Å². The van der Waals surface area contributed by atoms with Crippen molar-refractivity contribution in [3.8, 4) is 5.75 Å². The highest BCUT2D eigenvalue weighted by Gasteiger charge is 2.50. The first-order valence-electron chi connectivity index (χ1n) is 10.9. The van der Waals surface area contributed by atoms with Crippen LogP contribution in [0.4, 0.5) is 13.2 Å². The van der Waals surface area contributed by atoms with E-state index in [-0.39, 0.29) is 41.6 Å². The summed E-state index contributed by atoms with van der Waals surface area (Å²) in [6, 6.07) is 0.988. The summed E-state index contributed by atoms with van der Waals surface area (Å²) < 4.78 is 53.7. The van der Waals surface area contributed by atoms with Gasteiger partial charge in [0.15, 0.2) is 17.7 Å². The number of ether oxygens (including phenoxy) is 2. The molecule has 1 aliphatic carbocycles. The van der Waals surface area contributed by atoms with Crippen LogP contribution in [0.25, 0.3) is 0 Å². The fraction of sp³-hybridized carbons (Fsp3) is 0.435. The lowest BCUT2D eigenvalue weighted by Gasteiger charge is -2.45. The third-order valence-electron chi connectivity index (χ3n) is 6.82. The van der Waals surface area contributed by atoms with Crippen LogP contribution >= 0.6 is 0 Å². The van der Waals surface area contributed by atoms with Crippen LogP contribution in [-0.2, 0) is 17.8 Å². The minimum absolute atomic E-state index is 0.00622. The molecule has 1 N–H and O–H groups in total. The van der Waals surface area contributed by atoms with Crippen LogP contribution in [0.15, 0.2) is 23.1 Å². The molecule has 4 atom stereocenters. The van der Waals surface area contributed by atoms with Crippen molar-refractivity contribution < 1.29 is 32.2 Å². The Hall–Kier alpha value is -3.34. The van der Waals surface area contributed by atoms with Crippen molar-refractivity contribution in [2.75, 3.05) is 7.11 Å². The van der Waals surface area contributed by atoms with E-state index in [1.807, 2.05) is 0 Å². The Kier molecular flexibility index (Phi) is 5.38. The van der Waals surface area contributed by atoms with E-state index in [2.05, 4.69) is 12.2 Å². The first-order valence-corrected chi connectivity index (χ1v) is 10.9. The fourth-order valence-electron chi connectivity index (χ4n) is 5.23. The van der Waals surface area contributed by atoms with E-state index >= 15 is 0 Å². The van der Waals surface area contributed by atoms with E-state index in [0.717, 1.165) is 12.8 Å². The zero-order valence-electron chi connectivity index (χ0n) is 18.4. The highest BCUT2D eigenvalue weighted by atomic mass is 19.1. The summed E-state index contributed by atoms with van der Waals surface area (Å²) in [4.78, 5) is 40.9. The number of pyridine rings is 1. The molecule has 2 fully saturated rings. The zero-order valence-corrected chi connectivity index (χ0v) is 18.4. The molecular formula is C23H22F3N3O5. The molecule has 0 spiro atoms. The number of nitrogens with one attached hydrogen (secondary N) is 1. The summed E-state index contributed by atoms with van der Waals surface area (Å²) in [6.45, 7) is 1.64. The van der Waals surface area contributed by atoms with Crippen LogP contribution in [-0.4, -0.2) is 46.8 Å². The van der Waals surface area contributed by atoms with Gasteiger partial charge in [-0.1, -0.05) is 6.92 Å². The number of benzene rings is 1. The summed E-state index contributed by atoms with van der Waals surface area (Å²) >= 11 is 0. The van der Waals surface area contributed by atoms with Gasteiger partial charge in [0.05, 0.1) is 19.8 Å². The lowest BCUT2D eigenvalue weighted by molar-refractivity contribution is -0.133. The quantitative estimate of drug-likeness (QED) is 0.729. The maximum absolute atomic E-state index is 13.9. The topological polar surface area (TPSA) is 89.9 Å². The van der Waals surface area contributed by atoms with Gasteiger partial charge in [0.1, 0.15) is 23.0 Å². The van der Waals surface area contributed by atoms with Gasteiger partial charge >= 0.3 is 0 Å². The Morgan fingerprint density at radius 2 is 1.91 bits per heavy atom. The van der Waals surface area contributed by atoms with Crippen molar-refractivity contribution in [2.24, 2.45) is 5.92 Å². The Bertz CT molecular complexity index is 1240. The van der Waals surface area contributed by atoms with Gasteiger partial charge < -0.3 is 24.3 Å². The third kappa shape index (κ3) is 3.46. The SMILES string of the molecule is COc1c2n(cc(C(=O)NCc3c(F)cc(F)cc3F)c1=O)CC1O[C@@H]3C[C@@H](C)[C@@H](C3)N1C2=O. The molecule has 34 heavy (non-hydrogen) atoms. The molecule has 1 aromatic heterocycles. The monoisotopic (exact) mass is 477 g/mol. The van der Waals surface area contributed by atoms with E-state index in [1.54, 1.807) is 4.90 Å².